The normalized spacial score (nSPS) is 18.1. The number of fused-ring (bicyclic) bond motifs is 1. The van der Waals surface area contributed by atoms with Gasteiger partial charge in [-0.3, -0.25) is 0 Å². The van der Waals surface area contributed by atoms with E-state index in [4.69, 9.17) is 4.74 Å². The first-order valence-corrected chi connectivity index (χ1v) is 8.30. The number of rotatable bonds is 3. The summed E-state index contributed by atoms with van der Waals surface area (Å²) in [5, 5.41) is 12.5. The molecule has 4 rings (SSSR count). The number of morpholine rings is 1. The van der Waals surface area contributed by atoms with Crippen molar-refractivity contribution in [3.63, 3.8) is 0 Å². The number of ether oxygens (including phenoxy) is 2. The highest BCUT2D eigenvalue weighted by atomic mass is 19.4. The molecule has 0 spiro atoms. The predicted molar refractivity (Wildman–Crippen MR) is 89.6 cm³/mol. The van der Waals surface area contributed by atoms with E-state index < -0.39 is 12.5 Å². The molecule has 142 valence electrons. The van der Waals surface area contributed by atoms with Crippen molar-refractivity contribution in [3.8, 4) is 5.75 Å². The maximum absolute atomic E-state index is 12.4. The van der Waals surface area contributed by atoms with Gasteiger partial charge in [0.15, 0.2) is 11.5 Å². The SMILES string of the molecule is Cc1nnc2ccc(N3CCOC(c4cccc(OC(F)(F)F)c4)C3)nn12. The van der Waals surface area contributed by atoms with Crippen LogP contribution in [0.15, 0.2) is 36.4 Å². The minimum atomic E-state index is -4.73. The van der Waals surface area contributed by atoms with E-state index in [-0.39, 0.29) is 5.75 Å². The minimum absolute atomic E-state index is 0.264. The first-order chi connectivity index (χ1) is 12.9. The van der Waals surface area contributed by atoms with Crippen molar-refractivity contribution in [3.05, 3.63) is 47.8 Å². The van der Waals surface area contributed by atoms with E-state index in [0.717, 1.165) is 5.82 Å². The van der Waals surface area contributed by atoms with Gasteiger partial charge in [-0.05, 0) is 36.8 Å². The Hall–Kier alpha value is -2.88. The van der Waals surface area contributed by atoms with Crippen LogP contribution in [0.3, 0.4) is 0 Å². The largest absolute Gasteiger partial charge is 0.573 e. The molecule has 0 aliphatic carbocycles. The third kappa shape index (κ3) is 3.80. The number of halogens is 3. The molecular formula is C17H16F3N5O2. The summed E-state index contributed by atoms with van der Waals surface area (Å²) in [6, 6.07) is 9.52. The van der Waals surface area contributed by atoms with Crippen molar-refractivity contribution in [1.82, 2.24) is 19.8 Å². The summed E-state index contributed by atoms with van der Waals surface area (Å²) in [5.74, 6) is 1.13. The number of anilines is 1. The molecular weight excluding hydrogens is 363 g/mol. The molecule has 3 aromatic rings. The van der Waals surface area contributed by atoms with Crippen LogP contribution in [0.4, 0.5) is 19.0 Å². The lowest BCUT2D eigenvalue weighted by molar-refractivity contribution is -0.274. The van der Waals surface area contributed by atoms with Gasteiger partial charge in [-0.25, -0.2) is 0 Å². The Balaban J connectivity index is 1.55. The van der Waals surface area contributed by atoms with E-state index in [1.165, 1.54) is 18.2 Å². The summed E-state index contributed by atoms with van der Waals surface area (Å²) < 4.78 is 48.8. The summed E-state index contributed by atoms with van der Waals surface area (Å²) in [6.45, 7) is 3.31. The van der Waals surface area contributed by atoms with Gasteiger partial charge in [-0.15, -0.1) is 28.5 Å². The van der Waals surface area contributed by atoms with Gasteiger partial charge in [0.2, 0.25) is 0 Å². The molecule has 1 aliphatic rings. The number of aryl methyl sites for hydroxylation is 1. The number of alkyl halides is 3. The van der Waals surface area contributed by atoms with Gasteiger partial charge in [-0.1, -0.05) is 12.1 Å². The molecule has 0 bridgehead atoms. The number of hydrogen-bond acceptors (Lipinski definition) is 6. The topological polar surface area (TPSA) is 64.8 Å². The van der Waals surface area contributed by atoms with E-state index in [0.29, 0.717) is 36.7 Å². The molecule has 1 fully saturated rings. The van der Waals surface area contributed by atoms with E-state index in [9.17, 15) is 13.2 Å². The van der Waals surface area contributed by atoms with Crippen LogP contribution in [-0.4, -0.2) is 45.9 Å². The van der Waals surface area contributed by atoms with Gasteiger partial charge in [0.1, 0.15) is 17.7 Å². The van der Waals surface area contributed by atoms with Crippen LogP contribution < -0.4 is 9.64 Å². The van der Waals surface area contributed by atoms with Crippen LogP contribution in [0.5, 0.6) is 5.75 Å². The second-order valence-electron chi connectivity index (χ2n) is 6.13. The Morgan fingerprint density at radius 2 is 2.04 bits per heavy atom. The lowest BCUT2D eigenvalue weighted by Gasteiger charge is -2.34. The fourth-order valence-electron chi connectivity index (χ4n) is 3.03. The third-order valence-corrected chi connectivity index (χ3v) is 4.26. The summed E-state index contributed by atoms with van der Waals surface area (Å²) in [5.41, 5.74) is 1.26. The quantitative estimate of drug-likeness (QED) is 0.697. The molecule has 7 nitrogen and oxygen atoms in total. The van der Waals surface area contributed by atoms with Gasteiger partial charge >= 0.3 is 6.36 Å². The van der Waals surface area contributed by atoms with Crippen LogP contribution in [0, 0.1) is 6.92 Å². The Labute approximate surface area is 152 Å². The third-order valence-electron chi connectivity index (χ3n) is 4.26. The molecule has 0 amide bonds. The molecule has 1 atom stereocenters. The fraction of sp³-hybridized carbons (Fsp3) is 0.353. The van der Waals surface area contributed by atoms with E-state index in [1.807, 2.05) is 24.0 Å². The molecule has 27 heavy (non-hydrogen) atoms. The zero-order chi connectivity index (χ0) is 19.0. The Bertz CT molecular complexity index is 959. The summed E-state index contributed by atoms with van der Waals surface area (Å²) in [4.78, 5) is 2.02. The summed E-state index contributed by atoms with van der Waals surface area (Å²) >= 11 is 0. The van der Waals surface area contributed by atoms with Crippen molar-refractivity contribution in [2.75, 3.05) is 24.6 Å². The van der Waals surface area contributed by atoms with Crippen LogP contribution in [0.1, 0.15) is 17.5 Å². The summed E-state index contributed by atoms with van der Waals surface area (Å²) in [6.07, 6.45) is -5.12. The monoisotopic (exact) mass is 379 g/mol. The Morgan fingerprint density at radius 1 is 1.19 bits per heavy atom. The smallest absolute Gasteiger partial charge is 0.406 e. The van der Waals surface area contributed by atoms with Crippen LogP contribution in [0.2, 0.25) is 0 Å². The van der Waals surface area contributed by atoms with Gasteiger partial charge < -0.3 is 14.4 Å². The maximum Gasteiger partial charge on any atom is 0.573 e. The average Bonchev–Trinajstić information content (AvgIpc) is 3.01. The molecule has 1 aromatic carbocycles. The van der Waals surface area contributed by atoms with Gasteiger partial charge in [0.05, 0.1) is 6.61 Å². The Morgan fingerprint density at radius 3 is 2.85 bits per heavy atom. The van der Waals surface area contributed by atoms with E-state index in [2.05, 4.69) is 20.0 Å². The predicted octanol–water partition coefficient (Wildman–Crippen LogP) is 2.91. The van der Waals surface area contributed by atoms with Crippen molar-refractivity contribution < 1.29 is 22.6 Å². The van der Waals surface area contributed by atoms with Crippen LogP contribution in [-0.2, 0) is 4.74 Å². The molecule has 0 radical (unpaired) electrons. The van der Waals surface area contributed by atoms with Crippen molar-refractivity contribution in [2.45, 2.75) is 19.4 Å². The van der Waals surface area contributed by atoms with E-state index >= 15 is 0 Å². The average molecular weight is 379 g/mol. The second-order valence-corrected chi connectivity index (χ2v) is 6.13. The molecule has 1 unspecified atom stereocenters. The molecule has 1 saturated heterocycles. The van der Waals surface area contributed by atoms with Crippen LogP contribution in [0.25, 0.3) is 5.65 Å². The molecule has 0 N–H and O–H groups in total. The lowest BCUT2D eigenvalue weighted by atomic mass is 10.1. The van der Waals surface area contributed by atoms with Crippen molar-refractivity contribution >= 4 is 11.5 Å². The van der Waals surface area contributed by atoms with E-state index in [1.54, 1.807) is 10.6 Å². The molecule has 10 heteroatoms. The zero-order valence-corrected chi connectivity index (χ0v) is 14.3. The van der Waals surface area contributed by atoms with Gasteiger partial charge in [0.25, 0.3) is 0 Å². The minimum Gasteiger partial charge on any atom is -0.406 e. The number of benzene rings is 1. The number of nitrogens with zero attached hydrogens (tertiary/aromatic N) is 5. The maximum atomic E-state index is 12.4. The highest BCUT2D eigenvalue weighted by Gasteiger charge is 2.31. The second kappa shape index (κ2) is 6.69. The first-order valence-electron chi connectivity index (χ1n) is 8.30. The fourth-order valence-corrected chi connectivity index (χ4v) is 3.03. The molecule has 2 aromatic heterocycles. The Kier molecular flexibility index (Phi) is 4.34. The zero-order valence-electron chi connectivity index (χ0n) is 14.3. The first kappa shape index (κ1) is 17.5. The van der Waals surface area contributed by atoms with Crippen molar-refractivity contribution in [2.24, 2.45) is 0 Å². The molecule has 0 saturated carbocycles. The summed E-state index contributed by atoms with van der Waals surface area (Å²) in [7, 11) is 0. The molecule has 3 heterocycles. The van der Waals surface area contributed by atoms with Gasteiger partial charge in [-0.2, -0.15) is 4.52 Å². The van der Waals surface area contributed by atoms with Crippen molar-refractivity contribution in [1.29, 1.82) is 0 Å². The lowest BCUT2D eigenvalue weighted by Crippen LogP contribution is -2.39. The highest BCUT2D eigenvalue weighted by molar-refractivity contribution is 5.46. The number of aromatic nitrogens is 4. The van der Waals surface area contributed by atoms with Crippen LogP contribution >= 0.6 is 0 Å². The highest BCUT2D eigenvalue weighted by Crippen LogP contribution is 2.29. The molecule has 1 aliphatic heterocycles. The number of hydrogen-bond donors (Lipinski definition) is 0. The van der Waals surface area contributed by atoms with Gasteiger partial charge in [0, 0.05) is 13.1 Å². The standard InChI is InChI=1S/C17H16F3N5O2/c1-11-21-22-15-5-6-16(23-25(11)15)24-7-8-26-14(10-24)12-3-2-4-13(9-12)27-17(18,19)20/h2-6,9,14H,7-8,10H2,1H3.